The minimum atomic E-state index is 0.143. The summed E-state index contributed by atoms with van der Waals surface area (Å²) in [6.45, 7) is 5.02. The third kappa shape index (κ3) is 1.79. The maximum atomic E-state index is 8.46. The monoisotopic (exact) mass is 171 g/mol. The Kier molecular flexibility index (Phi) is 2.35. The fraction of sp³-hybridized carbons (Fsp3) is 1.00. The van der Waals surface area contributed by atoms with Gasteiger partial charge in [0.1, 0.15) is 0 Å². The first kappa shape index (κ1) is 8.48. The van der Waals surface area contributed by atoms with E-state index in [4.69, 9.17) is 9.84 Å². The molecule has 1 aliphatic heterocycles. The highest BCUT2D eigenvalue weighted by Gasteiger charge is 2.51. The smallest absolute Gasteiger partial charge is 0.0698 e. The Morgan fingerprint density at radius 2 is 2.00 bits per heavy atom. The van der Waals surface area contributed by atoms with Gasteiger partial charge in [-0.15, -0.1) is 0 Å². The van der Waals surface area contributed by atoms with Crippen molar-refractivity contribution in [2.75, 3.05) is 39.5 Å². The van der Waals surface area contributed by atoms with Crippen LogP contribution < -0.4 is 0 Å². The zero-order chi connectivity index (χ0) is 8.44. The molecule has 0 radical (unpaired) electrons. The molecule has 0 unspecified atom stereocenters. The molecule has 1 saturated heterocycles. The maximum absolute atomic E-state index is 8.46. The normalized spacial score (nSPS) is 25.8. The van der Waals surface area contributed by atoms with Gasteiger partial charge >= 0.3 is 0 Å². The molecule has 2 aliphatic rings. The molecule has 12 heavy (non-hydrogen) atoms. The first-order valence-electron chi connectivity index (χ1n) is 4.76. The van der Waals surface area contributed by atoms with Crippen molar-refractivity contribution in [1.29, 1.82) is 0 Å². The summed E-state index contributed by atoms with van der Waals surface area (Å²) in [6, 6.07) is 0. The molecule has 0 bridgehead atoms. The van der Waals surface area contributed by atoms with Gasteiger partial charge in [0.05, 0.1) is 19.8 Å². The van der Waals surface area contributed by atoms with Gasteiger partial charge in [-0.1, -0.05) is 0 Å². The average molecular weight is 171 g/mol. The van der Waals surface area contributed by atoms with Crippen molar-refractivity contribution in [1.82, 2.24) is 4.90 Å². The Labute approximate surface area is 73.3 Å². The van der Waals surface area contributed by atoms with Gasteiger partial charge in [-0.25, -0.2) is 0 Å². The fourth-order valence-electron chi connectivity index (χ4n) is 1.91. The number of hydrogen-bond donors (Lipinski definition) is 1. The van der Waals surface area contributed by atoms with Gasteiger partial charge in [0.15, 0.2) is 0 Å². The van der Waals surface area contributed by atoms with Crippen molar-refractivity contribution in [2.24, 2.45) is 5.41 Å². The second-order valence-corrected chi connectivity index (χ2v) is 4.05. The number of aliphatic hydroxyl groups excluding tert-OH is 1. The van der Waals surface area contributed by atoms with Gasteiger partial charge in [0.25, 0.3) is 0 Å². The summed E-state index contributed by atoms with van der Waals surface area (Å²) in [5.74, 6) is 0. The molecule has 0 aromatic heterocycles. The lowest BCUT2D eigenvalue weighted by atomic mass is 9.97. The summed E-state index contributed by atoms with van der Waals surface area (Å²) in [5.41, 5.74) is 0.761. The van der Waals surface area contributed by atoms with E-state index in [1.54, 1.807) is 0 Å². The fourth-order valence-corrected chi connectivity index (χ4v) is 1.91. The van der Waals surface area contributed by atoms with Crippen LogP contribution in [0, 0.1) is 5.41 Å². The summed E-state index contributed by atoms with van der Waals surface area (Å²) in [6.07, 6.45) is 2.89. The van der Waals surface area contributed by atoms with Gasteiger partial charge in [0, 0.05) is 19.6 Å². The van der Waals surface area contributed by atoms with Crippen molar-refractivity contribution < 1.29 is 9.84 Å². The van der Waals surface area contributed by atoms with E-state index in [2.05, 4.69) is 4.90 Å². The number of ether oxygens (including phenoxy) is 1. The maximum Gasteiger partial charge on any atom is 0.0698 e. The van der Waals surface area contributed by atoms with Gasteiger partial charge in [-0.05, 0) is 18.3 Å². The van der Waals surface area contributed by atoms with Crippen LogP contribution in [0.5, 0.6) is 0 Å². The highest BCUT2D eigenvalue weighted by molar-refractivity contribution is 5.04. The molecule has 1 aliphatic carbocycles. The van der Waals surface area contributed by atoms with Gasteiger partial charge in [-0.2, -0.15) is 0 Å². The molecule has 3 nitrogen and oxygen atoms in total. The topological polar surface area (TPSA) is 32.7 Å². The van der Waals surface area contributed by atoms with Crippen LogP contribution >= 0.6 is 0 Å². The van der Waals surface area contributed by atoms with Crippen LogP contribution in [0.3, 0.4) is 0 Å². The Hall–Kier alpha value is -0.120. The number of aliphatic hydroxyl groups is 1. The molecule has 2 rings (SSSR count). The molecular formula is C9H17NO2. The van der Waals surface area contributed by atoms with Crippen molar-refractivity contribution in [3.8, 4) is 0 Å². The van der Waals surface area contributed by atoms with Crippen LogP contribution in [0.4, 0.5) is 0 Å². The first-order valence-corrected chi connectivity index (χ1v) is 4.76. The molecular weight excluding hydrogens is 154 g/mol. The van der Waals surface area contributed by atoms with Crippen molar-refractivity contribution in [2.45, 2.75) is 12.8 Å². The standard InChI is InChI=1S/C9H17NO2/c11-4-6-12-5-3-10-7-9(8-10)1-2-9/h11H,1-8H2. The van der Waals surface area contributed by atoms with Crippen molar-refractivity contribution in [3.63, 3.8) is 0 Å². The van der Waals surface area contributed by atoms with E-state index in [0.29, 0.717) is 6.61 Å². The highest BCUT2D eigenvalue weighted by atomic mass is 16.5. The number of likely N-dealkylation sites (tertiary alicyclic amines) is 1. The zero-order valence-corrected chi connectivity index (χ0v) is 7.46. The number of hydrogen-bond acceptors (Lipinski definition) is 3. The predicted molar refractivity (Wildman–Crippen MR) is 46.0 cm³/mol. The van der Waals surface area contributed by atoms with Crippen molar-refractivity contribution >= 4 is 0 Å². The molecule has 3 heteroatoms. The van der Waals surface area contributed by atoms with E-state index in [-0.39, 0.29) is 6.61 Å². The van der Waals surface area contributed by atoms with Crippen LogP contribution in [0.25, 0.3) is 0 Å². The Balaban J connectivity index is 1.47. The van der Waals surface area contributed by atoms with Gasteiger partial charge in [-0.3, -0.25) is 4.90 Å². The van der Waals surface area contributed by atoms with E-state index in [0.717, 1.165) is 18.6 Å². The third-order valence-corrected chi connectivity index (χ3v) is 2.86. The highest BCUT2D eigenvalue weighted by Crippen LogP contribution is 2.52. The molecule has 0 atom stereocenters. The van der Waals surface area contributed by atoms with Gasteiger partial charge < -0.3 is 9.84 Å². The van der Waals surface area contributed by atoms with E-state index in [1.807, 2.05) is 0 Å². The molecule has 2 fully saturated rings. The van der Waals surface area contributed by atoms with Crippen LogP contribution in [0.15, 0.2) is 0 Å². The summed E-state index contributed by atoms with van der Waals surface area (Å²) >= 11 is 0. The second kappa shape index (κ2) is 3.32. The summed E-state index contributed by atoms with van der Waals surface area (Å²) in [4.78, 5) is 2.43. The van der Waals surface area contributed by atoms with Crippen molar-refractivity contribution in [3.05, 3.63) is 0 Å². The SMILES string of the molecule is OCCOCCN1CC2(CC2)C1. The summed E-state index contributed by atoms with van der Waals surface area (Å²) in [7, 11) is 0. The molecule has 1 spiro atoms. The van der Waals surface area contributed by atoms with E-state index >= 15 is 0 Å². The Morgan fingerprint density at radius 3 is 2.58 bits per heavy atom. The van der Waals surface area contributed by atoms with E-state index in [9.17, 15) is 0 Å². The Morgan fingerprint density at radius 1 is 1.25 bits per heavy atom. The second-order valence-electron chi connectivity index (χ2n) is 4.05. The van der Waals surface area contributed by atoms with Gasteiger partial charge in [0.2, 0.25) is 0 Å². The molecule has 1 saturated carbocycles. The molecule has 70 valence electrons. The first-order chi connectivity index (χ1) is 5.85. The summed E-state index contributed by atoms with van der Waals surface area (Å²) in [5, 5.41) is 8.46. The number of rotatable bonds is 5. The lowest BCUT2D eigenvalue weighted by Gasteiger charge is -2.39. The largest absolute Gasteiger partial charge is 0.394 e. The van der Waals surface area contributed by atoms with E-state index in [1.165, 1.54) is 25.9 Å². The molecule has 1 N–H and O–H groups in total. The molecule has 1 heterocycles. The molecule has 0 aromatic carbocycles. The quantitative estimate of drug-likeness (QED) is 0.595. The Bertz CT molecular complexity index is 149. The van der Waals surface area contributed by atoms with Crippen LogP contribution in [0.1, 0.15) is 12.8 Å². The van der Waals surface area contributed by atoms with Crippen LogP contribution in [-0.4, -0.2) is 49.5 Å². The lowest BCUT2D eigenvalue weighted by molar-refractivity contribution is 0.0275. The minimum Gasteiger partial charge on any atom is -0.394 e. The van der Waals surface area contributed by atoms with Crippen LogP contribution in [0.2, 0.25) is 0 Å². The predicted octanol–water partition coefficient (Wildman–Crippen LogP) is 0.0911. The summed E-state index contributed by atoms with van der Waals surface area (Å²) < 4.78 is 5.19. The lowest BCUT2D eigenvalue weighted by Crippen LogP contribution is -2.49. The average Bonchev–Trinajstić information content (AvgIpc) is 2.76. The van der Waals surface area contributed by atoms with E-state index < -0.39 is 0 Å². The third-order valence-electron chi connectivity index (χ3n) is 2.86. The molecule has 0 aromatic rings. The van der Waals surface area contributed by atoms with Crippen LogP contribution in [-0.2, 0) is 4.74 Å². The number of nitrogens with zero attached hydrogens (tertiary/aromatic N) is 1. The minimum absolute atomic E-state index is 0.143. The molecule has 0 amide bonds. The zero-order valence-electron chi connectivity index (χ0n) is 7.46.